The molecule has 1 aliphatic heterocycles. The van der Waals surface area contributed by atoms with E-state index in [2.05, 4.69) is 5.43 Å². The number of carbonyl (C=O) groups is 4. The summed E-state index contributed by atoms with van der Waals surface area (Å²) in [6.45, 7) is 5.60. The van der Waals surface area contributed by atoms with Crippen molar-refractivity contribution >= 4 is 29.3 Å². The van der Waals surface area contributed by atoms with Crippen molar-refractivity contribution in [2.75, 3.05) is 12.0 Å². The summed E-state index contributed by atoms with van der Waals surface area (Å²) in [5, 5.41) is 1.01. The summed E-state index contributed by atoms with van der Waals surface area (Å²) in [4.78, 5) is 53.7. The molecule has 1 aliphatic rings. The van der Waals surface area contributed by atoms with Gasteiger partial charge < -0.3 is 4.74 Å². The van der Waals surface area contributed by atoms with E-state index >= 15 is 0 Å². The second-order valence-corrected chi connectivity index (χ2v) is 7.99. The highest BCUT2D eigenvalue weighted by Gasteiger charge is 2.46. The Labute approximate surface area is 193 Å². The van der Waals surface area contributed by atoms with Gasteiger partial charge in [0.1, 0.15) is 11.8 Å². The second-order valence-electron chi connectivity index (χ2n) is 7.99. The van der Waals surface area contributed by atoms with E-state index in [4.69, 9.17) is 4.74 Å². The number of ether oxygens (including phenoxy) is 1. The molecular formula is C25H29N3O5. The smallest absolute Gasteiger partial charge is 0.273 e. The molecule has 0 spiro atoms. The molecule has 8 heteroatoms. The van der Waals surface area contributed by atoms with E-state index in [1.165, 1.54) is 7.11 Å². The number of amides is 4. The Morgan fingerprint density at radius 2 is 1.79 bits per heavy atom. The van der Waals surface area contributed by atoms with Crippen molar-refractivity contribution in [3.8, 4) is 5.75 Å². The lowest BCUT2D eigenvalue weighted by molar-refractivity contribution is -0.132. The van der Waals surface area contributed by atoms with Crippen LogP contribution in [0.1, 0.15) is 49.0 Å². The molecule has 4 amide bonds. The van der Waals surface area contributed by atoms with E-state index < -0.39 is 23.8 Å². The maximum absolute atomic E-state index is 13.5. The van der Waals surface area contributed by atoms with Gasteiger partial charge >= 0.3 is 0 Å². The third-order valence-corrected chi connectivity index (χ3v) is 5.84. The number of hydrogen-bond acceptors (Lipinski definition) is 5. The Balaban J connectivity index is 1.99. The van der Waals surface area contributed by atoms with Crippen LogP contribution in [0, 0.1) is 12.8 Å². The summed E-state index contributed by atoms with van der Waals surface area (Å²) in [5.41, 5.74) is 4.09. The van der Waals surface area contributed by atoms with Crippen molar-refractivity contribution in [2.45, 2.75) is 46.1 Å². The average molecular weight is 452 g/mol. The van der Waals surface area contributed by atoms with Gasteiger partial charge in [-0.2, -0.15) is 0 Å². The van der Waals surface area contributed by atoms with Gasteiger partial charge in [-0.1, -0.05) is 38.1 Å². The number of nitrogens with one attached hydrogen (secondary N) is 1. The van der Waals surface area contributed by atoms with Crippen LogP contribution in [-0.2, 0) is 14.4 Å². The molecule has 1 N–H and O–H groups in total. The van der Waals surface area contributed by atoms with Gasteiger partial charge in [-0.3, -0.25) is 24.6 Å². The largest absolute Gasteiger partial charge is 0.495 e. The molecule has 0 bridgehead atoms. The lowest BCUT2D eigenvalue weighted by atomic mass is 10.0. The fourth-order valence-corrected chi connectivity index (χ4v) is 3.90. The quantitative estimate of drug-likeness (QED) is 0.515. The number of hydrazine groups is 1. The van der Waals surface area contributed by atoms with E-state index in [0.29, 0.717) is 29.8 Å². The monoisotopic (exact) mass is 451 g/mol. The van der Waals surface area contributed by atoms with Crippen LogP contribution in [0.4, 0.5) is 5.69 Å². The Morgan fingerprint density at radius 1 is 1.12 bits per heavy atom. The zero-order valence-electron chi connectivity index (χ0n) is 19.3. The minimum absolute atomic E-state index is 0.252. The van der Waals surface area contributed by atoms with Crippen molar-refractivity contribution in [1.82, 2.24) is 10.4 Å². The molecule has 174 valence electrons. The number of anilines is 1. The molecule has 1 fully saturated rings. The third-order valence-electron chi connectivity index (χ3n) is 5.84. The van der Waals surface area contributed by atoms with Crippen molar-refractivity contribution in [3.05, 3.63) is 59.7 Å². The lowest BCUT2D eigenvalue weighted by Crippen LogP contribution is -2.55. The van der Waals surface area contributed by atoms with Crippen LogP contribution >= 0.6 is 0 Å². The summed E-state index contributed by atoms with van der Waals surface area (Å²) in [5.74, 6) is -1.95. The van der Waals surface area contributed by atoms with Crippen LogP contribution in [0.2, 0.25) is 0 Å². The Morgan fingerprint density at radius 3 is 2.39 bits per heavy atom. The number of nitrogens with zero attached hydrogens (tertiary/aromatic N) is 2. The van der Waals surface area contributed by atoms with E-state index in [0.717, 1.165) is 15.5 Å². The number of imide groups is 1. The molecule has 0 aromatic heterocycles. The first-order valence-corrected chi connectivity index (χ1v) is 11.0. The van der Waals surface area contributed by atoms with Crippen molar-refractivity contribution in [2.24, 2.45) is 5.92 Å². The van der Waals surface area contributed by atoms with Gasteiger partial charge in [0.25, 0.3) is 11.8 Å². The maximum Gasteiger partial charge on any atom is 0.273 e. The van der Waals surface area contributed by atoms with Gasteiger partial charge in [-0.15, -0.1) is 0 Å². The number of hydrogen-bond donors (Lipinski definition) is 1. The second kappa shape index (κ2) is 10.3. The molecule has 33 heavy (non-hydrogen) atoms. The van der Waals surface area contributed by atoms with Gasteiger partial charge in [0, 0.05) is 11.5 Å². The highest BCUT2D eigenvalue weighted by Crippen LogP contribution is 2.34. The van der Waals surface area contributed by atoms with E-state index in [-0.39, 0.29) is 18.2 Å². The Kier molecular flexibility index (Phi) is 7.48. The SMILES string of the molecule is CCC(CC)C(=O)NN(C(=O)c1ccccc1)C1CC(=O)N(c2cc(C)ccc2OC)C1=O. The molecule has 0 saturated carbocycles. The molecule has 2 aromatic carbocycles. The summed E-state index contributed by atoms with van der Waals surface area (Å²) < 4.78 is 5.35. The third kappa shape index (κ3) is 4.89. The molecule has 0 radical (unpaired) electrons. The number of methoxy groups -OCH3 is 1. The fraction of sp³-hybridized carbons (Fsp3) is 0.360. The lowest BCUT2D eigenvalue weighted by Gasteiger charge is -2.29. The van der Waals surface area contributed by atoms with Crippen LogP contribution in [0.5, 0.6) is 5.75 Å². The zero-order valence-corrected chi connectivity index (χ0v) is 19.3. The van der Waals surface area contributed by atoms with Crippen LogP contribution < -0.4 is 15.1 Å². The molecule has 2 aromatic rings. The molecule has 8 nitrogen and oxygen atoms in total. The molecule has 0 aliphatic carbocycles. The van der Waals surface area contributed by atoms with Crippen LogP contribution in [0.15, 0.2) is 48.5 Å². The molecule has 1 atom stereocenters. The summed E-state index contributed by atoms with van der Waals surface area (Å²) >= 11 is 0. The first-order chi connectivity index (χ1) is 15.8. The zero-order chi connectivity index (χ0) is 24.1. The van der Waals surface area contributed by atoms with Crippen molar-refractivity contribution < 1.29 is 23.9 Å². The minimum Gasteiger partial charge on any atom is -0.495 e. The first kappa shape index (κ1) is 24.0. The Hall–Kier alpha value is -3.68. The van der Waals surface area contributed by atoms with E-state index in [9.17, 15) is 19.2 Å². The molecule has 1 heterocycles. The highest BCUT2D eigenvalue weighted by molar-refractivity contribution is 6.24. The number of aryl methyl sites for hydroxylation is 1. The van der Waals surface area contributed by atoms with E-state index in [1.807, 2.05) is 26.8 Å². The first-order valence-electron chi connectivity index (χ1n) is 11.0. The van der Waals surface area contributed by atoms with Crippen LogP contribution in [-0.4, -0.2) is 41.8 Å². The number of carbonyl (C=O) groups excluding carboxylic acids is 4. The van der Waals surface area contributed by atoms with Gasteiger partial charge in [0.15, 0.2) is 0 Å². The van der Waals surface area contributed by atoms with Gasteiger partial charge in [0.2, 0.25) is 11.8 Å². The van der Waals surface area contributed by atoms with Gasteiger partial charge in [-0.25, -0.2) is 9.91 Å². The number of rotatable bonds is 7. The topological polar surface area (TPSA) is 96.0 Å². The summed E-state index contributed by atoms with van der Waals surface area (Å²) in [6, 6.07) is 12.4. The van der Waals surface area contributed by atoms with Crippen molar-refractivity contribution in [1.29, 1.82) is 0 Å². The summed E-state index contributed by atoms with van der Waals surface area (Å²) in [6.07, 6.45) is 0.914. The predicted octanol–water partition coefficient (Wildman–Crippen LogP) is 3.25. The van der Waals surface area contributed by atoms with Crippen molar-refractivity contribution in [3.63, 3.8) is 0 Å². The summed E-state index contributed by atoms with van der Waals surface area (Å²) in [7, 11) is 1.46. The van der Waals surface area contributed by atoms with Crippen LogP contribution in [0.25, 0.3) is 0 Å². The standard InChI is InChI=1S/C25H29N3O5/c1-5-17(6-2)23(30)26-28(24(31)18-10-8-7-9-11-18)20-15-22(29)27(25(20)32)19-14-16(3)12-13-21(19)33-4/h7-14,17,20H,5-6,15H2,1-4H3,(H,26,30). The predicted molar refractivity (Wildman–Crippen MR) is 123 cm³/mol. The maximum atomic E-state index is 13.5. The van der Waals surface area contributed by atoms with Crippen LogP contribution in [0.3, 0.4) is 0 Å². The highest BCUT2D eigenvalue weighted by atomic mass is 16.5. The fourth-order valence-electron chi connectivity index (χ4n) is 3.90. The normalized spacial score (nSPS) is 15.7. The molecular weight excluding hydrogens is 422 g/mol. The van der Waals surface area contributed by atoms with Gasteiger partial charge in [0.05, 0.1) is 19.2 Å². The Bertz CT molecular complexity index is 1050. The average Bonchev–Trinajstić information content (AvgIpc) is 3.11. The molecule has 1 unspecified atom stereocenters. The minimum atomic E-state index is -1.17. The van der Waals surface area contributed by atoms with Gasteiger partial charge in [-0.05, 0) is 49.6 Å². The molecule has 1 saturated heterocycles. The number of benzene rings is 2. The van der Waals surface area contributed by atoms with E-state index in [1.54, 1.807) is 42.5 Å². The molecule has 3 rings (SSSR count).